The number of para-hydroxylation sites is 1. The van der Waals surface area contributed by atoms with Crippen LogP contribution in [0.15, 0.2) is 35.1 Å². The van der Waals surface area contributed by atoms with E-state index in [1.165, 1.54) is 0 Å². The molecule has 162 valence electrons. The molecule has 31 heavy (non-hydrogen) atoms. The minimum absolute atomic E-state index is 0.0314. The zero-order valence-electron chi connectivity index (χ0n) is 17.7. The predicted molar refractivity (Wildman–Crippen MR) is 120 cm³/mol. The van der Waals surface area contributed by atoms with Gasteiger partial charge in [-0.2, -0.15) is 5.10 Å². The van der Waals surface area contributed by atoms with Gasteiger partial charge in [0, 0.05) is 44.5 Å². The quantitative estimate of drug-likeness (QED) is 0.619. The topological polar surface area (TPSA) is 85.0 Å². The third kappa shape index (κ3) is 3.94. The van der Waals surface area contributed by atoms with Gasteiger partial charge in [0.05, 0.1) is 11.1 Å². The van der Waals surface area contributed by atoms with Crippen molar-refractivity contribution < 1.29 is 4.79 Å². The lowest BCUT2D eigenvalue weighted by atomic mass is 10.1. The zero-order valence-corrected chi connectivity index (χ0v) is 17.7. The van der Waals surface area contributed by atoms with Crippen molar-refractivity contribution in [3.63, 3.8) is 0 Å². The van der Waals surface area contributed by atoms with E-state index in [4.69, 9.17) is 4.98 Å². The molecule has 0 bridgehead atoms. The lowest BCUT2D eigenvalue weighted by Crippen LogP contribution is -2.31. The van der Waals surface area contributed by atoms with E-state index in [9.17, 15) is 9.59 Å². The Bertz CT molecular complexity index is 1160. The van der Waals surface area contributed by atoms with Crippen LogP contribution in [0.4, 0.5) is 5.82 Å². The number of rotatable bonds is 6. The first-order chi connectivity index (χ1) is 15.2. The van der Waals surface area contributed by atoms with E-state index < -0.39 is 0 Å². The van der Waals surface area contributed by atoms with Gasteiger partial charge in [-0.25, -0.2) is 14.5 Å². The number of fused-ring (bicyclic) bond motifs is 2. The maximum absolute atomic E-state index is 13.0. The molecule has 0 atom stereocenters. The van der Waals surface area contributed by atoms with E-state index in [-0.39, 0.29) is 11.6 Å². The van der Waals surface area contributed by atoms with Crippen LogP contribution in [0.25, 0.3) is 10.9 Å². The van der Waals surface area contributed by atoms with Gasteiger partial charge >= 0.3 is 5.69 Å². The van der Waals surface area contributed by atoms with Crippen LogP contribution in [0.2, 0.25) is 0 Å². The molecule has 2 aromatic heterocycles. The molecule has 4 heterocycles. The molecule has 0 radical (unpaired) electrons. The van der Waals surface area contributed by atoms with Gasteiger partial charge in [-0.15, -0.1) is 0 Å². The first-order valence-electron chi connectivity index (χ1n) is 11.3. The molecule has 0 saturated carbocycles. The summed E-state index contributed by atoms with van der Waals surface area (Å²) in [6, 6.07) is 9.85. The Kier molecular flexibility index (Phi) is 5.44. The third-order valence-electron chi connectivity index (χ3n) is 6.22. The number of hydrogen-bond donors (Lipinski definition) is 1. The number of nitrogens with one attached hydrogen (secondary N) is 1. The summed E-state index contributed by atoms with van der Waals surface area (Å²) in [6.07, 6.45) is 5.90. The fraction of sp³-hybridized carbons (Fsp3) is 0.478. The van der Waals surface area contributed by atoms with Crippen LogP contribution >= 0.6 is 0 Å². The molecule has 1 amide bonds. The monoisotopic (exact) mass is 420 g/mol. The first-order valence-corrected chi connectivity index (χ1v) is 11.3. The van der Waals surface area contributed by atoms with Gasteiger partial charge in [-0.3, -0.25) is 9.36 Å². The molecule has 0 aliphatic carbocycles. The van der Waals surface area contributed by atoms with E-state index in [1.54, 1.807) is 9.25 Å². The highest BCUT2D eigenvalue weighted by Crippen LogP contribution is 2.26. The molecule has 1 N–H and O–H groups in total. The summed E-state index contributed by atoms with van der Waals surface area (Å²) in [4.78, 5) is 32.5. The van der Waals surface area contributed by atoms with E-state index in [1.807, 2.05) is 30.3 Å². The highest BCUT2D eigenvalue weighted by atomic mass is 16.2. The second-order valence-electron chi connectivity index (χ2n) is 8.39. The number of benzene rings is 1. The van der Waals surface area contributed by atoms with Crippen molar-refractivity contribution in [1.29, 1.82) is 0 Å². The number of pyridine rings is 1. The average molecular weight is 421 g/mol. The van der Waals surface area contributed by atoms with E-state index >= 15 is 0 Å². The number of carbonyl (C=O) groups excluding carboxylic acids is 1. The molecule has 0 unspecified atom stereocenters. The Balaban J connectivity index is 1.27. The second-order valence-corrected chi connectivity index (χ2v) is 8.39. The van der Waals surface area contributed by atoms with Gasteiger partial charge in [0.2, 0.25) is 0 Å². The third-order valence-corrected chi connectivity index (χ3v) is 6.22. The Labute approximate surface area is 180 Å². The number of nitrogens with zero attached hydrogens (tertiary/aromatic N) is 5. The molecule has 1 fully saturated rings. The predicted octanol–water partition coefficient (Wildman–Crippen LogP) is 2.35. The maximum Gasteiger partial charge on any atom is 0.345 e. The minimum atomic E-state index is -0.114. The molecular formula is C23H28N6O2. The fourth-order valence-corrected chi connectivity index (χ4v) is 4.56. The minimum Gasteiger partial charge on any atom is -0.356 e. The largest absolute Gasteiger partial charge is 0.356 e. The van der Waals surface area contributed by atoms with Crippen LogP contribution in [0.1, 0.15) is 48.3 Å². The Morgan fingerprint density at radius 3 is 2.71 bits per heavy atom. The summed E-state index contributed by atoms with van der Waals surface area (Å²) in [7, 11) is 0. The molecule has 1 aromatic carbocycles. The molecule has 8 heteroatoms. The molecule has 1 saturated heterocycles. The van der Waals surface area contributed by atoms with Gasteiger partial charge in [0.1, 0.15) is 11.6 Å². The van der Waals surface area contributed by atoms with Crippen molar-refractivity contribution in [1.82, 2.24) is 24.6 Å². The van der Waals surface area contributed by atoms with Crippen molar-refractivity contribution in [2.24, 2.45) is 0 Å². The molecule has 0 spiro atoms. The molecule has 2 aliphatic rings. The SMILES string of the molecule is O=C(NCCCn1nc2n(c1=O)CCCC2)c1cc2ccccc2nc1N1CCCC1. The Morgan fingerprint density at radius 2 is 1.87 bits per heavy atom. The molecule has 8 nitrogen and oxygen atoms in total. The number of carbonyl (C=O) groups is 1. The average Bonchev–Trinajstić information content (AvgIpc) is 3.44. The normalized spacial score (nSPS) is 15.9. The summed E-state index contributed by atoms with van der Waals surface area (Å²) in [6.45, 7) is 3.62. The first kappa shape index (κ1) is 19.8. The summed E-state index contributed by atoms with van der Waals surface area (Å²) in [5.74, 6) is 1.54. The summed E-state index contributed by atoms with van der Waals surface area (Å²) >= 11 is 0. The van der Waals surface area contributed by atoms with E-state index in [0.29, 0.717) is 25.1 Å². The second kappa shape index (κ2) is 8.53. The van der Waals surface area contributed by atoms with Crippen LogP contribution in [0, 0.1) is 0 Å². The molecule has 2 aliphatic heterocycles. The number of aryl methyl sites for hydroxylation is 2. The standard InChI is InChI=1S/C23H28N6O2/c30-22(24-11-7-15-29-23(31)28-14-4-3-10-20(28)26-29)18-16-17-8-1-2-9-19(17)25-21(18)27-12-5-6-13-27/h1-2,8-9,16H,3-7,10-15H2,(H,24,30). The van der Waals surface area contributed by atoms with Crippen LogP contribution in [-0.2, 0) is 19.5 Å². The van der Waals surface area contributed by atoms with Crippen LogP contribution in [0.5, 0.6) is 0 Å². The van der Waals surface area contributed by atoms with Crippen molar-refractivity contribution in [2.75, 3.05) is 24.5 Å². The van der Waals surface area contributed by atoms with E-state index in [0.717, 1.165) is 74.3 Å². The number of hydrogen-bond acceptors (Lipinski definition) is 5. The number of anilines is 1. The van der Waals surface area contributed by atoms with E-state index in [2.05, 4.69) is 15.3 Å². The highest BCUT2D eigenvalue weighted by Gasteiger charge is 2.22. The Hall–Kier alpha value is -3.16. The van der Waals surface area contributed by atoms with Gasteiger partial charge in [0.25, 0.3) is 5.91 Å². The molecule has 5 rings (SSSR count). The van der Waals surface area contributed by atoms with Crippen LogP contribution in [-0.4, -0.2) is 44.9 Å². The van der Waals surface area contributed by atoms with Crippen molar-refractivity contribution in [3.05, 3.63) is 52.2 Å². The smallest absolute Gasteiger partial charge is 0.345 e. The van der Waals surface area contributed by atoms with Gasteiger partial charge in [-0.1, -0.05) is 18.2 Å². The summed E-state index contributed by atoms with van der Waals surface area (Å²) in [5.41, 5.74) is 1.50. The van der Waals surface area contributed by atoms with Crippen molar-refractivity contribution in [2.45, 2.75) is 51.6 Å². The summed E-state index contributed by atoms with van der Waals surface area (Å²) in [5, 5.41) is 8.45. The molecule has 3 aromatic rings. The lowest BCUT2D eigenvalue weighted by molar-refractivity contribution is 0.0953. The zero-order chi connectivity index (χ0) is 21.2. The van der Waals surface area contributed by atoms with Crippen molar-refractivity contribution >= 4 is 22.6 Å². The highest BCUT2D eigenvalue weighted by molar-refractivity contribution is 6.02. The van der Waals surface area contributed by atoms with Gasteiger partial charge < -0.3 is 10.2 Å². The van der Waals surface area contributed by atoms with Gasteiger partial charge in [-0.05, 0) is 44.2 Å². The van der Waals surface area contributed by atoms with Crippen LogP contribution in [0.3, 0.4) is 0 Å². The lowest BCUT2D eigenvalue weighted by Gasteiger charge is -2.20. The summed E-state index contributed by atoms with van der Waals surface area (Å²) < 4.78 is 3.32. The molecular weight excluding hydrogens is 392 g/mol. The number of aromatic nitrogens is 4. The fourth-order valence-electron chi connectivity index (χ4n) is 4.56. The Morgan fingerprint density at radius 1 is 1.06 bits per heavy atom. The van der Waals surface area contributed by atoms with Crippen molar-refractivity contribution in [3.8, 4) is 0 Å². The number of amides is 1. The maximum atomic E-state index is 13.0. The van der Waals surface area contributed by atoms with Gasteiger partial charge in [0.15, 0.2) is 0 Å². The van der Waals surface area contributed by atoms with Crippen LogP contribution < -0.4 is 15.9 Å².